The number of nitrogens with zero attached hydrogens (tertiary/aromatic N) is 1. The van der Waals surface area contributed by atoms with E-state index in [0.717, 1.165) is 29.4 Å². The molecule has 0 radical (unpaired) electrons. The fourth-order valence-electron chi connectivity index (χ4n) is 2.19. The number of aromatic nitrogens is 2. The predicted molar refractivity (Wildman–Crippen MR) is 63.1 cm³/mol. The zero-order valence-corrected chi connectivity index (χ0v) is 9.16. The Labute approximate surface area is 97.3 Å². The molecule has 0 saturated heterocycles. The van der Waals surface area contributed by atoms with Crippen LogP contribution in [0.2, 0.25) is 0 Å². The van der Waals surface area contributed by atoms with Gasteiger partial charge in [-0.3, -0.25) is 0 Å². The van der Waals surface area contributed by atoms with Gasteiger partial charge in [-0.25, -0.2) is 4.79 Å². The summed E-state index contributed by atoms with van der Waals surface area (Å²) in [5.74, 6) is 0. The minimum absolute atomic E-state index is 0.230. The van der Waals surface area contributed by atoms with Crippen LogP contribution in [0.5, 0.6) is 0 Å². The van der Waals surface area contributed by atoms with Gasteiger partial charge in [0.25, 0.3) is 0 Å². The topological polar surface area (TPSA) is 98.5 Å². The van der Waals surface area contributed by atoms with Crippen LogP contribution >= 0.6 is 0 Å². The van der Waals surface area contributed by atoms with Gasteiger partial charge in [0, 0.05) is 6.04 Å². The number of aromatic amines is 2. The molecule has 0 amide bonds. The van der Waals surface area contributed by atoms with E-state index in [4.69, 9.17) is 11.0 Å². The second-order valence-corrected chi connectivity index (χ2v) is 4.63. The van der Waals surface area contributed by atoms with Crippen molar-refractivity contribution < 1.29 is 0 Å². The van der Waals surface area contributed by atoms with Crippen LogP contribution in [0, 0.1) is 16.7 Å². The number of nitrogens with one attached hydrogen (secondary N) is 2. The van der Waals surface area contributed by atoms with Crippen LogP contribution in [-0.2, 0) is 0 Å². The molecular weight excluding hydrogens is 216 g/mol. The first-order valence-electron chi connectivity index (χ1n) is 5.53. The molecular formula is C12H12N4O. The maximum Gasteiger partial charge on any atom is 0.323 e. The molecule has 4 N–H and O–H groups in total. The van der Waals surface area contributed by atoms with Crippen LogP contribution in [0.25, 0.3) is 11.0 Å². The molecule has 2 aromatic rings. The summed E-state index contributed by atoms with van der Waals surface area (Å²) in [6.07, 6.45) is 1.71. The molecule has 1 fully saturated rings. The van der Waals surface area contributed by atoms with Gasteiger partial charge in [-0.05, 0) is 30.5 Å². The maximum absolute atomic E-state index is 11.1. The molecule has 0 aliphatic heterocycles. The highest BCUT2D eigenvalue weighted by molar-refractivity contribution is 5.75. The Morgan fingerprint density at radius 1 is 1.35 bits per heavy atom. The van der Waals surface area contributed by atoms with Crippen LogP contribution in [0.1, 0.15) is 24.4 Å². The van der Waals surface area contributed by atoms with Gasteiger partial charge < -0.3 is 15.7 Å². The van der Waals surface area contributed by atoms with Crippen LogP contribution in [-0.4, -0.2) is 9.97 Å². The molecule has 5 nitrogen and oxygen atoms in total. The van der Waals surface area contributed by atoms with Crippen LogP contribution < -0.4 is 11.4 Å². The summed E-state index contributed by atoms with van der Waals surface area (Å²) in [5, 5.41) is 9.11. The van der Waals surface area contributed by atoms with E-state index in [1.165, 1.54) is 0 Å². The second kappa shape index (κ2) is 3.22. The molecule has 1 aromatic heterocycles. The Bertz CT molecular complexity index is 672. The third kappa shape index (κ3) is 1.46. The van der Waals surface area contributed by atoms with Crippen molar-refractivity contribution in [2.24, 2.45) is 11.1 Å². The quantitative estimate of drug-likeness (QED) is 0.719. The largest absolute Gasteiger partial charge is 0.323 e. The highest BCUT2D eigenvalue weighted by atomic mass is 16.1. The number of fused-ring (bicyclic) bond motifs is 1. The minimum Gasteiger partial charge on any atom is -0.323 e. The lowest BCUT2D eigenvalue weighted by Gasteiger charge is -2.16. The molecule has 0 bridgehead atoms. The highest BCUT2D eigenvalue weighted by Gasteiger charge is 2.49. The minimum atomic E-state index is -0.399. The summed E-state index contributed by atoms with van der Waals surface area (Å²) in [6.45, 7) is 0. The van der Waals surface area contributed by atoms with E-state index in [1.54, 1.807) is 0 Å². The molecule has 1 saturated carbocycles. The summed E-state index contributed by atoms with van der Waals surface area (Å²) < 4.78 is 0. The molecule has 1 aliphatic rings. The molecule has 1 heterocycles. The first-order chi connectivity index (χ1) is 8.14. The van der Waals surface area contributed by atoms with Gasteiger partial charge in [-0.1, -0.05) is 6.07 Å². The van der Waals surface area contributed by atoms with E-state index in [9.17, 15) is 4.79 Å². The lowest BCUT2D eigenvalue weighted by molar-refractivity contribution is 0.520. The van der Waals surface area contributed by atoms with Crippen molar-refractivity contribution in [3.05, 3.63) is 34.2 Å². The monoisotopic (exact) mass is 228 g/mol. The van der Waals surface area contributed by atoms with E-state index in [2.05, 4.69) is 16.0 Å². The van der Waals surface area contributed by atoms with Gasteiger partial charge >= 0.3 is 5.69 Å². The van der Waals surface area contributed by atoms with Gasteiger partial charge in [0.2, 0.25) is 0 Å². The third-order valence-corrected chi connectivity index (χ3v) is 3.51. The average Bonchev–Trinajstić information content (AvgIpc) is 3.03. The first kappa shape index (κ1) is 10.1. The number of nitrogens with two attached hydrogens (primary N) is 1. The van der Waals surface area contributed by atoms with Crippen molar-refractivity contribution in [1.29, 1.82) is 5.26 Å². The molecule has 0 spiro atoms. The van der Waals surface area contributed by atoms with E-state index in [-0.39, 0.29) is 11.7 Å². The zero-order chi connectivity index (χ0) is 12.0. The smallest absolute Gasteiger partial charge is 0.323 e. The molecule has 1 atom stereocenters. The fraction of sp³-hybridized carbons (Fsp3) is 0.333. The number of H-pyrrole nitrogens is 2. The van der Waals surface area contributed by atoms with Gasteiger partial charge in [-0.2, -0.15) is 5.26 Å². The summed E-state index contributed by atoms with van der Waals surface area (Å²) >= 11 is 0. The molecule has 5 heteroatoms. The number of nitriles is 1. The van der Waals surface area contributed by atoms with Crippen molar-refractivity contribution in [2.45, 2.75) is 18.9 Å². The molecule has 1 aromatic carbocycles. The summed E-state index contributed by atoms with van der Waals surface area (Å²) in [7, 11) is 0. The summed E-state index contributed by atoms with van der Waals surface area (Å²) in [5.41, 5.74) is 7.88. The van der Waals surface area contributed by atoms with Crippen molar-refractivity contribution in [2.75, 3.05) is 0 Å². The molecule has 3 rings (SSSR count). The standard InChI is InChI=1S/C12H12N4O/c13-6-12(3-4-12)10(14)7-1-2-8-9(5-7)16-11(17)15-8/h1-2,5,10H,3-4,14H2,(H2,15,16,17). The normalized spacial score (nSPS) is 18.8. The maximum atomic E-state index is 11.1. The van der Waals surface area contributed by atoms with E-state index in [1.807, 2.05) is 18.2 Å². The van der Waals surface area contributed by atoms with Gasteiger partial charge in [0.1, 0.15) is 0 Å². The van der Waals surface area contributed by atoms with Crippen molar-refractivity contribution in [3.8, 4) is 6.07 Å². The van der Waals surface area contributed by atoms with Gasteiger partial charge in [-0.15, -0.1) is 0 Å². The number of hydrogen-bond donors (Lipinski definition) is 3. The number of imidazole rings is 1. The lowest BCUT2D eigenvalue weighted by atomic mass is 9.92. The SMILES string of the molecule is N#CC1(C(N)c2ccc3[nH]c(=O)[nH]c3c2)CC1. The Morgan fingerprint density at radius 3 is 2.71 bits per heavy atom. The fourth-order valence-corrected chi connectivity index (χ4v) is 2.19. The number of benzene rings is 1. The van der Waals surface area contributed by atoms with Gasteiger partial charge in [0.15, 0.2) is 0 Å². The van der Waals surface area contributed by atoms with Crippen molar-refractivity contribution in [1.82, 2.24) is 9.97 Å². The van der Waals surface area contributed by atoms with E-state index in [0.29, 0.717) is 0 Å². The number of hydrogen-bond acceptors (Lipinski definition) is 3. The third-order valence-electron chi connectivity index (χ3n) is 3.51. The Balaban J connectivity index is 2.06. The second-order valence-electron chi connectivity index (χ2n) is 4.63. The van der Waals surface area contributed by atoms with E-state index < -0.39 is 5.41 Å². The summed E-state index contributed by atoms with van der Waals surface area (Å²) in [6, 6.07) is 7.54. The molecule has 1 aliphatic carbocycles. The lowest BCUT2D eigenvalue weighted by Crippen LogP contribution is -2.21. The Morgan fingerprint density at radius 2 is 2.06 bits per heavy atom. The Kier molecular flexibility index (Phi) is 1.91. The highest BCUT2D eigenvalue weighted by Crippen LogP contribution is 2.53. The van der Waals surface area contributed by atoms with Gasteiger partial charge in [0.05, 0.1) is 22.5 Å². The molecule has 86 valence electrons. The zero-order valence-electron chi connectivity index (χ0n) is 9.16. The van der Waals surface area contributed by atoms with Crippen LogP contribution in [0.15, 0.2) is 23.0 Å². The first-order valence-corrected chi connectivity index (χ1v) is 5.53. The Hall–Kier alpha value is -2.06. The van der Waals surface area contributed by atoms with E-state index >= 15 is 0 Å². The van der Waals surface area contributed by atoms with Crippen LogP contribution in [0.4, 0.5) is 0 Å². The average molecular weight is 228 g/mol. The molecule has 17 heavy (non-hydrogen) atoms. The van der Waals surface area contributed by atoms with Crippen molar-refractivity contribution >= 4 is 11.0 Å². The predicted octanol–water partition coefficient (Wildman–Crippen LogP) is 1.16. The van der Waals surface area contributed by atoms with Crippen molar-refractivity contribution in [3.63, 3.8) is 0 Å². The molecule has 1 unspecified atom stereocenters. The summed E-state index contributed by atoms with van der Waals surface area (Å²) in [4.78, 5) is 16.5. The number of rotatable bonds is 2. The van der Waals surface area contributed by atoms with Crippen LogP contribution in [0.3, 0.4) is 0 Å².